The van der Waals surface area contributed by atoms with Crippen LogP contribution >= 0.6 is 0 Å². The first-order valence-electron chi connectivity index (χ1n) is 7.37. The van der Waals surface area contributed by atoms with Crippen LogP contribution in [0.5, 0.6) is 0 Å². The van der Waals surface area contributed by atoms with E-state index >= 15 is 0 Å². The quantitative estimate of drug-likeness (QED) is 0.440. The van der Waals surface area contributed by atoms with Gasteiger partial charge in [-0.15, -0.1) is 0 Å². The molecule has 0 saturated heterocycles. The lowest BCUT2D eigenvalue weighted by atomic mass is 10.2. The maximum absolute atomic E-state index is 6.31. The van der Waals surface area contributed by atoms with Crippen LogP contribution in [0, 0.1) is 0 Å². The Bertz CT molecular complexity index is 623. The van der Waals surface area contributed by atoms with Crippen molar-refractivity contribution in [3.63, 3.8) is 0 Å². The summed E-state index contributed by atoms with van der Waals surface area (Å²) < 4.78 is 6.31. The van der Waals surface area contributed by atoms with E-state index in [2.05, 4.69) is 62.1 Å². The second-order valence-electron chi connectivity index (χ2n) is 5.45. The molecule has 2 aromatic rings. The minimum atomic E-state index is -1.92. The Labute approximate surface area is 128 Å². The van der Waals surface area contributed by atoms with Crippen molar-refractivity contribution in [1.29, 1.82) is 0 Å². The summed E-state index contributed by atoms with van der Waals surface area (Å²) in [6.07, 6.45) is 2.85. The number of allylic oxidation sites excluding steroid dienone is 1. The summed E-state index contributed by atoms with van der Waals surface area (Å²) in [5.41, 5.74) is 4.46. The van der Waals surface area contributed by atoms with Crippen LogP contribution in [-0.2, 0) is 4.43 Å². The van der Waals surface area contributed by atoms with Gasteiger partial charge in [0.05, 0.1) is 0 Å². The minimum Gasteiger partial charge on any atom is -0.537 e. The number of benzene rings is 2. The molecule has 0 N–H and O–H groups in total. The lowest BCUT2D eigenvalue weighted by Gasteiger charge is -2.25. The largest absolute Gasteiger partial charge is 0.537 e. The van der Waals surface area contributed by atoms with Crippen molar-refractivity contribution in [3.8, 4) is 0 Å². The van der Waals surface area contributed by atoms with Crippen LogP contribution in [-0.4, -0.2) is 8.32 Å². The molecular weight excluding hydrogens is 272 g/mol. The third-order valence-electron chi connectivity index (χ3n) is 3.37. The number of hydrogen-bond donors (Lipinski definition) is 0. The molecule has 0 amide bonds. The van der Waals surface area contributed by atoms with Crippen molar-refractivity contribution in [2.45, 2.75) is 26.4 Å². The first-order valence-corrected chi connectivity index (χ1v) is 10.3. The molecule has 0 atom stereocenters. The third-order valence-corrected chi connectivity index (χ3v) is 5.85. The highest BCUT2D eigenvalue weighted by Crippen LogP contribution is 2.14. The molecule has 2 aromatic carbocycles. The second kappa shape index (κ2) is 7.12. The fraction of sp³-hybridized carbons (Fsp3) is 0.211. The van der Waals surface area contributed by atoms with Gasteiger partial charge in [-0.2, -0.15) is 0 Å². The van der Waals surface area contributed by atoms with E-state index in [1.807, 2.05) is 30.3 Å². The van der Waals surface area contributed by atoms with Gasteiger partial charge in [0.2, 0.25) is 0 Å². The predicted molar refractivity (Wildman–Crippen MR) is 92.9 cm³/mol. The number of rotatable bonds is 5. The second-order valence-corrected chi connectivity index (χ2v) is 9.26. The molecule has 0 aliphatic rings. The minimum absolute atomic E-state index is 0.854. The van der Waals surface area contributed by atoms with Crippen LogP contribution in [0.3, 0.4) is 0 Å². The van der Waals surface area contributed by atoms with Crippen LogP contribution in [0.1, 0.15) is 18.9 Å². The van der Waals surface area contributed by atoms with Gasteiger partial charge in [0.25, 0.3) is 8.32 Å². The predicted octanol–water partition coefficient (Wildman–Crippen LogP) is 4.72. The normalized spacial score (nSPS) is 10.6. The number of hydrogen-bond acceptors (Lipinski definition) is 1. The Morgan fingerprint density at radius 2 is 1.57 bits per heavy atom. The summed E-state index contributed by atoms with van der Waals surface area (Å²) in [4.78, 5) is 0. The van der Waals surface area contributed by atoms with E-state index in [1.165, 1.54) is 5.19 Å². The van der Waals surface area contributed by atoms with Crippen molar-refractivity contribution in [1.82, 2.24) is 0 Å². The molecule has 0 aliphatic carbocycles. The lowest BCUT2D eigenvalue weighted by Crippen LogP contribution is -2.44. The molecule has 108 valence electrons. The van der Waals surface area contributed by atoms with Crippen LogP contribution in [0.15, 0.2) is 72.2 Å². The average molecular weight is 294 g/mol. The molecule has 0 spiro atoms. The van der Waals surface area contributed by atoms with E-state index in [0.29, 0.717) is 0 Å². The molecular formula is C19H22OSi. The van der Waals surface area contributed by atoms with Crippen molar-refractivity contribution >= 4 is 19.6 Å². The van der Waals surface area contributed by atoms with E-state index in [1.54, 1.807) is 0 Å². The fourth-order valence-corrected chi connectivity index (χ4v) is 4.06. The smallest absolute Gasteiger partial charge is 0.277 e. The van der Waals surface area contributed by atoms with Gasteiger partial charge >= 0.3 is 0 Å². The highest BCUT2D eigenvalue weighted by Gasteiger charge is 2.27. The van der Waals surface area contributed by atoms with Gasteiger partial charge < -0.3 is 4.43 Å². The van der Waals surface area contributed by atoms with E-state index in [0.717, 1.165) is 17.7 Å². The Morgan fingerprint density at radius 1 is 1.00 bits per heavy atom. The maximum Gasteiger partial charge on any atom is 0.277 e. The van der Waals surface area contributed by atoms with Gasteiger partial charge in [-0.25, -0.2) is 0 Å². The molecule has 0 bridgehead atoms. The summed E-state index contributed by atoms with van der Waals surface area (Å²) in [7, 11) is -1.92. The van der Waals surface area contributed by atoms with E-state index in [4.69, 9.17) is 4.43 Å². The Kier molecular flexibility index (Phi) is 5.21. The molecule has 0 unspecified atom stereocenters. The van der Waals surface area contributed by atoms with Crippen molar-refractivity contribution in [2.75, 3.05) is 0 Å². The van der Waals surface area contributed by atoms with Crippen LogP contribution < -0.4 is 5.19 Å². The zero-order valence-corrected chi connectivity index (χ0v) is 14.0. The topological polar surface area (TPSA) is 9.23 Å². The fourth-order valence-electron chi connectivity index (χ4n) is 2.12. The molecule has 21 heavy (non-hydrogen) atoms. The van der Waals surface area contributed by atoms with Gasteiger partial charge in [-0.1, -0.05) is 73.3 Å². The summed E-state index contributed by atoms with van der Waals surface area (Å²) in [5, 5.41) is 1.30. The molecule has 0 aliphatic heterocycles. The standard InChI is InChI=1S/C19H22OSi/c1-4-18(16-15-17-11-7-5-8-12-17)20-21(2,3)19-13-9-6-10-14-19/h5-15H,4H2,1-3H3. The zero-order valence-electron chi connectivity index (χ0n) is 13.0. The molecule has 0 heterocycles. The molecule has 1 nitrogen and oxygen atoms in total. The van der Waals surface area contributed by atoms with Crippen LogP contribution in [0.2, 0.25) is 13.1 Å². The van der Waals surface area contributed by atoms with Crippen molar-refractivity contribution in [3.05, 3.63) is 77.7 Å². The summed E-state index contributed by atoms with van der Waals surface area (Å²) in [5.74, 6) is 0.930. The molecule has 0 radical (unpaired) electrons. The SMILES string of the molecule is CCC(=C=Cc1ccccc1)O[Si](C)(C)c1ccccc1. The summed E-state index contributed by atoms with van der Waals surface area (Å²) in [6.45, 7) is 6.56. The first kappa shape index (κ1) is 15.4. The Balaban J connectivity index is 2.21. The zero-order chi connectivity index (χ0) is 15.1. The van der Waals surface area contributed by atoms with E-state index < -0.39 is 8.32 Å². The first-order chi connectivity index (χ1) is 10.1. The van der Waals surface area contributed by atoms with Crippen LogP contribution in [0.25, 0.3) is 6.08 Å². The van der Waals surface area contributed by atoms with Crippen LogP contribution in [0.4, 0.5) is 0 Å². The van der Waals surface area contributed by atoms with Gasteiger partial charge in [0.1, 0.15) is 5.76 Å². The van der Waals surface area contributed by atoms with Crippen molar-refractivity contribution < 1.29 is 4.43 Å². The highest BCUT2D eigenvalue weighted by atomic mass is 28.4. The van der Waals surface area contributed by atoms with E-state index in [-0.39, 0.29) is 0 Å². The van der Waals surface area contributed by atoms with Gasteiger partial charge in [-0.05, 0) is 29.9 Å². The van der Waals surface area contributed by atoms with Gasteiger partial charge in [-0.3, -0.25) is 0 Å². The van der Waals surface area contributed by atoms with Gasteiger partial charge in [0, 0.05) is 6.42 Å². The summed E-state index contributed by atoms with van der Waals surface area (Å²) >= 11 is 0. The molecule has 2 heteroatoms. The van der Waals surface area contributed by atoms with E-state index in [9.17, 15) is 0 Å². The summed E-state index contributed by atoms with van der Waals surface area (Å²) in [6, 6.07) is 20.7. The molecule has 0 fully saturated rings. The van der Waals surface area contributed by atoms with Gasteiger partial charge in [0.15, 0.2) is 0 Å². The monoisotopic (exact) mass is 294 g/mol. The Hall–Kier alpha value is -2.02. The molecule has 0 aromatic heterocycles. The Morgan fingerprint density at radius 3 is 2.14 bits per heavy atom. The molecule has 0 saturated carbocycles. The van der Waals surface area contributed by atoms with Crippen molar-refractivity contribution in [2.24, 2.45) is 0 Å². The molecule has 2 rings (SSSR count). The third kappa shape index (κ3) is 4.49. The highest BCUT2D eigenvalue weighted by molar-refractivity contribution is 6.84. The lowest BCUT2D eigenvalue weighted by molar-refractivity contribution is 0.412. The average Bonchev–Trinajstić information content (AvgIpc) is 2.53. The maximum atomic E-state index is 6.31.